The van der Waals surface area contributed by atoms with Crippen LogP contribution < -0.4 is 0 Å². The standard InChI is InChI=1S/C13H24O2/c1-5-8-9-10-12(7-3)15-13(14)11(4)6-2/h7,11-12H,3,5-6,8-10H2,1-2,4H3. The lowest BCUT2D eigenvalue weighted by Crippen LogP contribution is -2.21. The summed E-state index contributed by atoms with van der Waals surface area (Å²) >= 11 is 0. The molecule has 0 aliphatic heterocycles. The molecule has 0 spiro atoms. The van der Waals surface area contributed by atoms with Crippen LogP contribution in [0.25, 0.3) is 0 Å². The first-order valence-electron chi connectivity index (χ1n) is 5.98. The maximum atomic E-state index is 11.5. The number of esters is 1. The average Bonchev–Trinajstić information content (AvgIpc) is 2.26. The molecule has 0 saturated carbocycles. The van der Waals surface area contributed by atoms with Crippen molar-refractivity contribution in [1.82, 2.24) is 0 Å². The van der Waals surface area contributed by atoms with Crippen LogP contribution in [0.1, 0.15) is 52.9 Å². The highest BCUT2D eigenvalue weighted by Gasteiger charge is 2.15. The van der Waals surface area contributed by atoms with Crippen LogP contribution in [0.2, 0.25) is 0 Å². The van der Waals surface area contributed by atoms with Crippen molar-refractivity contribution in [2.45, 2.75) is 59.0 Å². The fourth-order valence-corrected chi connectivity index (χ4v) is 1.25. The minimum atomic E-state index is -0.0990. The van der Waals surface area contributed by atoms with Crippen molar-refractivity contribution in [1.29, 1.82) is 0 Å². The number of carbonyl (C=O) groups is 1. The molecule has 2 nitrogen and oxygen atoms in total. The molecule has 0 aromatic carbocycles. The van der Waals surface area contributed by atoms with Gasteiger partial charge in [0.15, 0.2) is 0 Å². The Morgan fingerprint density at radius 1 is 1.40 bits per heavy atom. The first kappa shape index (κ1) is 14.2. The highest BCUT2D eigenvalue weighted by atomic mass is 16.5. The molecule has 0 bridgehead atoms. The van der Waals surface area contributed by atoms with Gasteiger partial charge < -0.3 is 4.74 Å². The summed E-state index contributed by atoms with van der Waals surface area (Å²) in [6.45, 7) is 9.75. The van der Waals surface area contributed by atoms with Gasteiger partial charge in [-0.15, -0.1) is 0 Å². The molecule has 2 heteroatoms. The fourth-order valence-electron chi connectivity index (χ4n) is 1.25. The van der Waals surface area contributed by atoms with Gasteiger partial charge in [0.25, 0.3) is 0 Å². The zero-order valence-corrected chi connectivity index (χ0v) is 10.3. The van der Waals surface area contributed by atoms with Crippen molar-refractivity contribution < 1.29 is 9.53 Å². The number of hydrogen-bond donors (Lipinski definition) is 0. The van der Waals surface area contributed by atoms with Gasteiger partial charge in [0, 0.05) is 0 Å². The lowest BCUT2D eigenvalue weighted by Gasteiger charge is -2.16. The molecular weight excluding hydrogens is 188 g/mol. The summed E-state index contributed by atoms with van der Waals surface area (Å²) in [5.41, 5.74) is 0. The third-order valence-corrected chi connectivity index (χ3v) is 2.64. The lowest BCUT2D eigenvalue weighted by atomic mass is 10.1. The topological polar surface area (TPSA) is 26.3 Å². The van der Waals surface area contributed by atoms with E-state index in [-0.39, 0.29) is 18.0 Å². The molecule has 0 radical (unpaired) electrons. The fraction of sp³-hybridized carbons (Fsp3) is 0.769. The highest BCUT2D eigenvalue weighted by molar-refractivity contribution is 5.72. The van der Waals surface area contributed by atoms with Crippen molar-refractivity contribution in [3.8, 4) is 0 Å². The number of hydrogen-bond acceptors (Lipinski definition) is 2. The average molecular weight is 212 g/mol. The van der Waals surface area contributed by atoms with Crippen LogP contribution in [0.4, 0.5) is 0 Å². The van der Waals surface area contributed by atoms with E-state index in [2.05, 4.69) is 13.5 Å². The molecule has 0 saturated heterocycles. The summed E-state index contributed by atoms with van der Waals surface area (Å²) in [6, 6.07) is 0. The molecule has 0 rings (SSSR count). The third-order valence-electron chi connectivity index (χ3n) is 2.64. The van der Waals surface area contributed by atoms with Gasteiger partial charge >= 0.3 is 5.97 Å². The van der Waals surface area contributed by atoms with E-state index in [1.807, 2.05) is 13.8 Å². The van der Waals surface area contributed by atoms with Crippen molar-refractivity contribution in [2.24, 2.45) is 5.92 Å². The van der Waals surface area contributed by atoms with E-state index < -0.39 is 0 Å². The second-order valence-electron chi connectivity index (χ2n) is 4.02. The minimum absolute atomic E-state index is 0.00127. The molecule has 2 unspecified atom stereocenters. The summed E-state index contributed by atoms with van der Waals surface area (Å²) in [6.07, 6.45) is 6.83. The summed E-state index contributed by atoms with van der Waals surface area (Å²) in [7, 11) is 0. The molecule has 88 valence electrons. The van der Waals surface area contributed by atoms with E-state index in [1.54, 1.807) is 6.08 Å². The van der Waals surface area contributed by atoms with E-state index in [4.69, 9.17) is 4.74 Å². The molecule has 0 aromatic rings. The molecule has 0 heterocycles. The Labute approximate surface area is 93.7 Å². The monoisotopic (exact) mass is 212 g/mol. The van der Waals surface area contributed by atoms with Gasteiger partial charge in [0.1, 0.15) is 6.10 Å². The van der Waals surface area contributed by atoms with Crippen molar-refractivity contribution in [3.63, 3.8) is 0 Å². The van der Waals surface area contributed by atoms with E-state index >= 15 is 0 Å². The second-order valence-corrected chi connectivity index (χ2v) is 4.02. The van der Waals surface area contributed by atoms with Crippen molar-refractivity contribution in [3.05, 3.63) is 12.7 Å². The third kappa shape index (κ3) is 6.32. The molecule has 2 atom stereocenters. The van der Waals surface area contributed by atoms with Gasteiger partial charge in [-0.1, -0.05) is 46.3 Å². The normalized spacial score (nSPS) is 14.3. The zero-order chi connectivity index (χ0) is 11.7. The van der Waals surface area contributed by atoms with Crippen molar-refractivity contribution in [2.75, 3.05) is 0 Å². The Morgan fingerprint density at radius 2 is 2.07 bits per heavy atom. The summed E-state index contributed by atoms with van der Waals surface area (Å²) < 4.78 is 5.34. The Morgan fingerprint density at radius 3 is 2.53 bits per heavy atom. The molecule has 0 amide bonds. The lowest BCUT2D eigenvalue weighted by molar-refractivity contribution is -0.151. The Balaban J connectivity index is 3.87. The van der Waals surface area contributed by atoms with Gasteiger partial charge in [-0.05, 0) is 19.3 Å². The maximum absolute atomic E-state index is 11.5. The molecule has 0 N–H and O–H groups in total. The minimum Gasteiger partial charge on any atom is -0.458 e. The van der Waals surface area contributed by atoms with Crippen LogP contribution in [0.15, 0.2) is 12.7 Å². The van der Waals surface area contributed by atoms with Gasteiger partial charge in [-0.25, -0.2) is 0 Å². The SMILES string of the molecule is C=CC(CCCCC)OC(=O)C(C)CC. The largest absolute Gasteiger partial charge is 0.458 e. The van der Waals surface area contributed by atoms with Crippen LogP contribution >= 0.6 is 0 Å². The number of ether oxygens (including phenoxy) is 1. The summed E-state index contributed by atoms with van der Waals surface area (Å²) in [4.78, 5) is 11.5. The molecular formula is C13H24O2. The zero-order valence-electron chi connectivity index (χ0n) is 10.3. The predicted molar refractivity (Wildman–Crippen MR) is 63.7 cm³/mol. The molecule has 0 aromatic heterocycles. The molecule has 0 aliphatic rings. The van der Waals surface area contributed by atoms with E-state index in [0.29, 0.717) is 0 Å². The first-order chi connectivity index (χ1) is 7.15. The molecule has 15 heavy (non-hydrogen) atoms. The Hall–Kier alpha value is -0.790. The molecule has 0 fully saturated rings. The number of carbonyl (C=O) groups excluding carboxylic acids is 1. The van der Waals surface area contributed by atoms with Crippen LogP contribution in [-0.4, -0.2) is 12.1 Å². The summed E-state index contributed by atoms with van der Waals surface area (Å²) in [5.74, 6) is -0.0995. The second kappa shape index (κ2) is 8.51. The van der Waals surface area contributed by atoms with Gasteiger partial charge in [0.2, 0.25) is 0 Å². The van der Waals surface area contributed by atoms with Gasteiger partial charge in [-0.2, -0.15) is 0 Å². The van der Waals surface area contributed by atoms with E-state index in [9.17, 15) is 4.79 Å². The molecule has 0 aliphatic carbocycles. The maximum Gasteiger partial charge on any atom is 0.309 e. The summed E-state index contributed by atoms with van der Waals surface area (Å²) in [5, 5.41) is 0. The van der Waals surface area contributed by atoms with Crippen LogP contribution in [0.5, 0.6) is 0 Å². The Kier molecular flexibility index (Phi) is 8.06. The first-order valence-corrected chi connectivity index (χ1v) is 5.98. The number of rotatable bonds is 8. The van der Waals surface area contributed by atoms with Gasteiger partial charge in [-0.3, -0.25) is 4.79 Å². The number of unbranched alkanes of at least 4 members (excludes halogenated alkanes) is 2. The predicted octanol–water partition coefficient (Wildman–Crippen LogP) is 3.71. The Bertz CT molecular complexity index is 187. The van der Waals surface area contributed by atoms with Crippen LogP contribution in [0, 0.1) is 5.92 Å². The van der Waals surface area contributed by atoms with E-state index in [1.165, 1.54) is 12.8 Å². The van der Waals surface area contributed by atoms with Crippen LogP contribution in [0.3, 0.4) is 0 Å². The smallest absolute Gasteiger partial charge is 0.309 e. The van der Waals surface area contributed by atoms with Crippen LogP contribution in [-0.2, 0) is 9.53 Å². The highest BCUT2D eigenvalue weighted by Crippen LogP contribution is 2.11. The quantitative estimate of drug-likeness (QED) is 0.348. The van der Waals surface area contributed by atoms with E-state index in [0.717, 1.165) is 19.3 Å². The van der Waals surface area contributed by atoms with Gasteiger partial charge in [0.05, 0.1) is 5.92 Å². The van der Waals surface area contributed by atoms with Crippen molar-refractivity contribution >= 4 is 5.97 Å².